The van der Waals surface area contributed by atoms with Crippen molar-refractivity contribution in [3.63, 3.8) is 0 Å². The van der Waals surface area contributed by atoms with E-state index in [0.717, 1.165) is 47.2 Å². The third-order valence-electron chi connectivity index (χ3n) is 4.66. The highest BCUT2D eigenvalue weighted by Gasteiger charge is 2.23. The molecular weight excluding hydrogens is 300 g/mol. The molecule has 24 heavy (non-hydrogen) atoms. The van der Waals surface area contributed by atoms with Gasteiger partial charge in [0.25, 0.3) is 0 Å². The second-order valence-electron chi connectivity index (χ2n) is 6.17. The van der Waals surface area contributed by atoms with Crippen LogP contribution in [0.2, 0.25) is 0 Å². The Morgan fingerprint density at radius 1 is 0.875 bits per heavy atom. The summed E-state index contributed by atoms with van der Waals surface area (Å²) in [6.45, 7) is 1.53. The SMILES string of the molecule is Oc1cccc2c1CN(c1ccc3c(c1)Nc1ccccc1O3)C2. The fourth-order valence-corrected chi connectivity index (χ4v) is 3.41. The van der Waals surface area contributed by atoms with Crippen LogP contribution in [0.1, 0.15) is 11.1 Å². The number of hydrogen-bond acceptors (Lipinski definition) is 4. The molecule has 2 aliphatic rings. The predicted molar refractivity (Wildman–Crippen MR) is 94.2 cm³/mol. The van der Waals surface area contributed by atoms with Crippen LogP contribution in [0.4, 0.5) is 17.1 Å². The van der Waals surface area contributed by atoms with Gasteiger partial charge in [-0.15, -0.1) is 0 Å². The molecule has 118 valence electrons. The standard InChI is InChI=1S/C20H16N2O2/c23-18-6-3-4-13-11-22(12-15(13)18)14-8-9-20-17(10-14)21-16-5-1-2-7-19(16)24-20/h1-10,21,23H,11-12H2. The number of rotatable bonds is 1. The highest BCUT2D eigenvalue weighted by molar-refractivity contribution is 5.78. The first-order valence-corrected chi connectivity index (χ1v) is 8.00. The highest BCUT2D eigenvalue weighted by Crippen LogP contribution is 2.44. The van der Waals surface area contributed by atoms with E-state index in [4.69, 9.17) is 4.74 Å². The molecule has 0 aromatic heterocycles. The molecule has 2 aliphatic heterocycles. The van der Waals surface area contributed by atoms with Crippen LogP contribution in [0.25, 0.3) is 0 Å². The molecule has 0 fully saturated rings. The number of nitrogens with one attached hydrogen (secondary N) is 1. The van der Waals surface area contributed by atoms with Gasteiger partial charge in [0.05, 0.1) is 11.4 Å². The summed E-state index contributed by atoms with van der Waals surface area (Å²) in [6, 6.07) is 19.8. The van der Waals surface area contributed by atoms with E-state index in [1.807, 2.05) is 36.4 Å². The van der Waals surface area contributed by atoms with Crippen molar-refractivity contribution in [2.45, 2.75) is 13.1 Å². The number of para-hydroxylation sites is 2. The molecule has 4 heteroatoms. The predicted octanol–water partition coefficient (Wildman–Crippen LogP) is 4.76. The van der Waals surface area contributed by atoms with Gasteiger partial charge in [-0.25, -0.2) is 0 Å². The summed E-state index contributed by atoms with van der Waals surface area (Å²) in [5, 5.41) is 13.5. The number of benzene rings is 3. The monoisotopic (exact) mass is 316 g/mol. The highest BCUT2D eigenvalue weighted by atomic mass is 16.5. The van der Waals surface area contributed by atoms with Crippen molar-refractivity contribution < 1.29 is 9.84 Å². The van der Waals surface area contributed by atoms with E-state index in [-0.39, 0.29) is 0 Å². The molecule has 5 rings (SSSR count). The van der Waals surface area contributed by atoms with Gasteiger partial charge in [0, 0.05) is 24.3 Å². The maximum absolute atomic E-state index is 10.0. The summed E-state index contributed by atoms with van der Waals surface area (Å²) in [5.41, 5.74) is 5.25. The second-order valence-corrected chi connectivity index (χ2v) is 6.17. The number of ether oxygens (including phenoxy) is 1. The molecule has 0 unspecified atom stereocenters. The largest absolute Gasteiger partial charge is 0.508 e. The Morgan fingerprint density at radius 2 is 1.75 bits per heavy atom. The van der Waals surface area contributed by atoms with Crippen molar-refractivity contribution in [3.8, 4) is 17.2 Å². The minimum absolute atomic E-state index is 0.378. The lowest BCUT2D eigenvalue weighted by atomic mass is 10.1. The van der Waals surface area contributed by atoms with Gasteiger partial charge >= 0.3 is 0 Å². The number of phenolic OH excluding ortho intramolecular Hbond substituents is 1. The van der Waals surface area contributed by atoms with Gasteiger partial charge in [0.2, 0.25) is 0 Å². The summed E-state index contributed by atoms with van der Waals surface area (Å²) in [6.07, 6.45) is 0. The summed E-state index contributed by atoms with van der Waals surface area (Å²) in [4.78, 5) is 2.26. The van der Waals surface area contributed by atoms with Crippen LogP contribution in [0.5, 0.6) is 17.2 Å². The minimum atomic E-state index is 0.378. The molecule has 2 N–H and O–H groups in total. The Hall–Kier alpha value is -3.14. The number of aromatic hydroxyl groups is 1. The first-order valence-electron chi connectivity index (χ1n) is 8.00. The molecule has 2 heterocycles. The molecule has 0 bridgehead atoms. The molecule has 3 aromatic carbocycles. The summed E-state index contributed by atoms with van der Waals surface area (Å²) < 4.78 is 5.95. The molecule has 0 aliphatic carbocycles. The molecule has 4 nitrogen and oxygen atoms in total. The Morgan fingerprint density at radius 3 is 2.67 bits per heavy atom. The summed E-state index contributed by atoms with van der Waals surface area (Å²) in [7, 11) is 0. The first kappa shape index (κ1) is 13.3. The maximum atomic E-state index is 10.0. The van der Waals surface area contributed by atoms with Gasteiger partial charge in [-0.1, -0.05) is 24.3 Å². The normalized spacial score (nSPS) is 14.2. The third-order valence-corrected chi connectivity index (χ3v) is 4.66. The van der Waals surface area contributed by atoms with Crippen LogP contribution in [-0.4, -0.2) is 5.11 Å². The lowest BCUT2D eigenvalue weighted by Gasteiger charge is -2.24. The molecule has 0 saturated carbocycles. The molecule has 0 atom stereocenters. The quantitative estimate of drug-likeness (QED) is 0.531. The van der Waals surface area contributed by atoms with Crippen LogP contribution in [-0.2, 0) is 13.1 Å². The lowest BCUT2D eigenvalue weighted by Crippen LogP contribution is -2.15. The zero-order valence-electron chi connectivity index (χ0n) is 13.0. The number of hydrogen-bond donors (Lipinski definition) is 2. The Kier molecular flexibility index (Phi) is 2.73. The summed E-state index contributed by atoms with van der Waals surface area (Å²) >= 11 is 0. The maximum Gasteiger partial charge on any atom is 0.151 e. The molecule has 0 amide bonds. The fraction of sp³-hybridized carbons (Fsp3) is 0.100. The number of nitrogens with zero attached hydrogens (tertiary/aromatic N) is 1. The molecular formula is C20H16N2O2. The Balaban J connectivity index is 1.47. The molecule has 0 spiro atoms. The fourth-order valence-electron chi connectivity index (χ4n) is 3.41. The van der Waals surface area contributed by atoms with Crippen LogP contribution in [0.3, 0.4) is 0 Å². The van der Waals surface area contributed by atoms with Crippen molar-refractivity contribution in [3.05, 3.63) is 71.8 Å². The number of phenols is 1. The minimum Gasteiger partial charge on any atom is -0.508 e. The van der Waals surface area contributed by atoms with Gasteiger partial charge in [-0.05, 0) is 42.0 Å². The second kappa shape index (κ2) is 4.93. The molecule has 3 aromatic rings. The van der Waals surface area contributed by atoms with Crippen LogP contribution in [0.15, 0.2) is 60.7 Å². The van der Waals surface area contributed by atoms with Gasteiger partial charge < -0.3 is 20.1 Å². The average Bonchev–Trinajstić information content (AvgIpc) is 3.05. The van der Waals surface area contributed by atoms with Crippen LogP contribution in [0, 0.1) is 0 Å². The average molecular weight is 316 g/mol. The summed E-state index contributed by atoms with van der Waals surface area (Å²) in [5.74, 6) is 2.05. The van der Waals surface area contributed by atoms with Gasteiger partial charge in [0.15, 0.2) is 11.5 Å². The van der Waals surface area contributed by atoms with E-state index >= 15 is 0 Å². The topological polar surface area (TPSA) is 44.7 Å². The number of fused-ring (bicyclic) bond motifs is 3. The van der Waals surface area contributed by atoms with E-state index in [9.17, 15) is 5.11 Å². The van der Waals surface area contributed by atoms with Crippen LogP contribution < -0.4 is 15.0 Å². The van der Waals surface area contributed by atoms with Crippen molar-refractivity contribution in [1.82, 2.24) is 0 Å². The smallest absolute Gasteiger partial charge is 0.151 e. The first-order chi connectivity index (χ1) is 11.8. The van der Waals surface area contributed by atoms with E-state index in [1.54, 1.807) is 6.07 Å². The molecule has 0 radical (unpaired) electrons. The van der Waals surface area contributed by atoms with Gasteiger partial charge in [-0.2, -0.15) is 0 Å². The van der Waals surface area contributed by atoms with E-state index < -0.39 is 0 Å². The number of anilines is 3. The Labute approximate surface area is 139 Å². The van der Waals surface area contributed by atoms with Crippen molar-refractivity contribution in [2.75, 3.05) is 10.2 Å². The van der Waals surface area contributed by atoms with E-state index in [1.165, 1.54) is 5.56 Å². The van der Waals surface area contributed by atoms with Crippen LogP contribution >= 0.6 is 0 Å². The van der Waals surface area contributed by atoms with E-state index in [0.29, 0.717) is 5.75 Å². The van der Waals surface area contributed by atoms with Crippen molar-refractivity contribution >= 4 is 17.1 Å². The van der Waals surface area contributed by atoms with Crippen molar-refractivity contribution in [2.24, 2.45) is 0 Å². The van der Waals surface area contributed by atoms with E-state index in [2.05, 4.69) is 28.4 Å². The molecule has 0 saturated heterocycles. The Bertz CT molecular complexity index is 952. The van der Waals surface area contributed by atoms with Gasteiger partial charge in [-0.3, -0.25) is 0 Å². The van der Waals surface area contributed by atoms with Gasteiger partial charge in [0.1, 0.15) is 5.75 Å². The third kappa shape index (κ3) is 2.00. The zero-order chi connectivity index (χ0) is 16.1. The lowest BCUT2D eigenvalue weighted by molar-refractivity contribution is 0.469. The zero-order valence-corrected chi connectivity index (χ0v) is 13.0. The van der Waals surface area contributed by atoms with Crippen molar-refractivity contribution in [1.29, 1.82) is 0 Å².